The molecule has 0 unspecified atom stereocenters. The van der Waals surface area contributed by atoms with E-state index in [4.69, 9.17) is 25.5 Å². The van der Waals surface area contributed by atoms with Crippen LogP contribution in [-0.2, 0) is 12.2 Å². The summed E-state index contributed by atoms with van der Waals surface area (Å²) < 4.78 is 18.1. The molecule has 0 atom stereocenters. The minimum atomic E-state index is -0.132. The smallest absolute Gasteiger partial charge is 0.273 e. The van der Waals surface area contributed by atoms with Crippen LogP contribution in [0.1, 0.15) is 21.1 Å². The average molecular weight is 596 g/mol. The maximum absolute atomic E-state index is 13.1. The summed E-state index contributed by atoms with van der Waals surface area (Å²) in [6.45, 7) is 0.534. The third kappa shape index (κ3) is 6.01. The second-order valence-electron chi connectivity index (χ2n) is 8.65. The van der Waals surface area contributed by atoms with Crippen molar-refractivity contribution in [2.75, 3.05) is 27.8 Å². The van der Waals surface area contributed by atoms with Crippen molar-refractivity contribution in [3.8, 4) is 28.8 Å². The molecule has 3 aromatic heterocycles. The number of carbonyl (C=O) groups is 1. The summed E-state index contributed by atoms with van der Waals surface area (Å²) in [6, 6.07) is 16.9. The van der Waals surface area contributed by atoms with Gasteiger partial charge in [-0.2, -0.15) is 0 Å². The molecular weight excluding hydrogens is 570 g/mol. The van der Waals surface area contributed by atoms with Gasteiger partial charge in [-0.25, -0.2) is 4.98 Å². The summed E-state index contributed by atoms with van der Waals surface area (Å²) in [6.07, 6.45) is 2.26. The van der Waals surface area contributed by atoms with Crippen molar-refractivity contribution in [3.05, 3.63) is 87.5 Å². The van der Waals surface area contributed by atoms with E-state index >= 15 is 0 Å². The first-order chi connectivity index (χ1) is 19.5. The van der Waals surface area contributed by atoms with E-state index in [2.05, 4.69) is 15.2 Å². The molecule has 0 aliphatic heterocycles. The van der Waals surface area contributed by atoms with Gasteiger partial charge in [-0.15, -0.1) is 21.5 Å². The lowest BCUT2D eigenvalue weighted by atomic mass is 10.1. The SMILES string of the molecule is COc1ccc(CCN(C)C(=O)c2csc(CSc3nnc(-c4ccco4)n3-c3ccccc3Cl)n2)cc1OC. The zero-order valence-electron chi connectivity index (χ0n) is 22.0. The second kappa shape index (κ2) is 12.6. The Hall–Kier alpha value is -3.80. The number of halogens is 1. The zero-order valence-corrected chi connectivity index (χ0v) is 24.4. The van der Waals surface area contributed by atoms with Gasteiger partial charge < -0.3 is 18.8 Å². The Kier molecular flexibility index (Phi) is 8.73. The van der Waals surface area contributed by atoms with Crippen molar-refractivity contribution in [1.82, 2.24) is 24.6 Å². The van der Waals surface area contributed by atoms with Crippen LogP contribution in [0.15, 0.2) is 75.8 Å². The fourth-order valence-electron chi connectivity index (χ4n) is 4.01. The van der Waals surface area contributed by atoms with Crippen molar-refractivity contribution >= 4 is 40.6 Å². The number of furan rings is 1. The van der Waals surface area contributed by atoms with Crippen LogP contribution in [0, 0.1) is 0 Å². The molecular formula is C28H26ClN5O4S2. The van der Waals surface area contributed by atoms with E-state index in [1.807, 2.05) is 53.1 Å². The number of thiazole rings is 1. The fraction of sp³-hybridized carbons (Fsp3) is 0.214. The third-order valence-corrected chi connectivity index (χ3v) is 8.39. The highest BCUT2D eigenvalue weighted by Gasteiger charge is 2.21. The van der Waals surface area contributed by atoms with E-state index in [0.717, 1.165) is 16.3 Å². The van der Waals surface area contributed by atoms with Crippen LogP contribution < -0.4 is 9.47 Å². The molecule has 5 aromatic rings. The van der Waals surface area contributed by atoms with Gasteiger partial charge in [-0.3, -0.25) is 9.36 Å². The Morgan fingerprint density at radius 3 is 2.67 bits per heavy atom. The normalized spacial score (nSPS) is 11.0. The van der Waals surface area contributed by atoms with Gasteiger partial charge in [0, 0.05) is 19.0 Å². The van der Waals surface area contributed by atoms with Gasteiger partial charge >= 0.3 is 0 Å². The van der Waals surface area contributed by atoms with Crippen molar-refractivity contribution in [2.45, 2.75) is 17.3 Å². The first kappa shape index (κ1) is 27.8. The van der Waals surface area contributed by atoms with E-state index < -0.39 is 0 Å². The van der Waals surface area contributed by atoms with E-state index in [1.165, 1.54) is 23.1 Å². The lowest BCUT2D eigenvalue weighted by Gasteiger charge is -2.16. The van der Waals surface area contributed by atoms with Crippen LogP contribution in [0.3, 0.4) is 0 Å². The molecule has 0 N–H and O–H groups in total. The van der Waals surface area contributed by atoms with E-state index in [-0.39, 0.29) is 5.91 Å². The molecule has 0 spiro atoms. The van der Waals surface area contributed by atoms with Gasteiger partial charge in [0.05, 0.1) is 36.9 Å². The number of para-hydroxylation sites is 1. The first-order valence-corrected chi connectivity index (χ1v) is 14.5. The highest BCUT2D eigenvalue weighted by molar-refractivity contribution is 7.98. The second-order valence-corrected chi connectivity index (χ2v) is 10.9. The number of aromatic nitrogens is 4. The zero-order chi connectivity index (χ0) is 28.1. The number of benzene rings is 2. The number of amides is 1. The Balaban J connectivity index is 1.26. The lowest BCUT2D eigenvalue weighted by Crippen LogP contribution is -2.29. The maximum Gasteiger partial charge on any atom is 0.273 e. The van der Waals surface area contributed by atoms with E-state index in [9.17, 15) is 4.79 Å². The van der Waals surface area contributed by atoms with Crippen LogP contribution in [0.4, 0.5) is 0 Å². The highest BCUT2D eigenvalue weighted by Crippen LogP contribution is 2.33. The Labute approximate surface area is 244 Å². The monoisotopic (exact) mass is 595 g/mol. The molecule has 5 rings (SSSR count). The highest BCUT2D eigenvalue weighted by atomic mass is 35.5. The number of nitrogens with zero attached hydrogens (tertiary/aromatic N) is 5. The Bertz CT molecular complexity index is 1600. The summed E-state index contributed by atoms with van der Waals surface area (Å²) >= 11 is 9.41. The topological polar surface area (TPSA) is 95.5 Å². The summed E-state index contributed by atoms with van der Waals surface area (Å²) in [4.78, 5) is 19.3. The molecule has 0 aliphatic rings. The molecule has 0 radical (unpaired) electrons. The number of ether oxygens (including phenoxy) is 2. The molecule has 2 aromatic carbocycles. The number of thioether (sulfide) groups is 1. The Morgan fingerprint density at radius 2 is 1.93 bits per heavy atom. The molecule has 40 heavy (non-hydrogen) atoms. The number of rotatable bonds is 11. The standard InChI is InChI=1S/C28H26ClN5O4S2/c1-33(13-12-18-10-11-22(36-2)24(15-18)37-3)27(35)20-16-39-25(30-20)17-40-28-32-31-26(23-9-6-14-38-23)34(28)21-8-5-4-7-19(21)29/h4-11,14-16H,12-13,17H2,1-3H3. The number of likely N-dealkylation sites (N-methyl/N-ethyl adjacent to an activating group) is 1. The largest absolute Gasteiger partial charge is 0.493 e. The Morgan fingerprint density at radius 1 is 1.10 bits per heavy atom. The number of carbonyl (C=O) groups excluding carboxylic acids is 1. The molecule has 1 amide bonds. The summed E-state index contributed by atoms with van der Waals surface area (Å²) in [5.74, 6) is 2.84. The quantitative estimate of drug-likeness (QED) is 0.165. The predicted molar refractivity (Wildman–Crippen MR) is 156 cm³/mol. The third-order valence-electron chi connectivity index (χ3n) is 6.09. The van der Waals surface area contributed by atoms with E-state index in [1.54, 1.807) is 43.9 Å². The van der Waals surface area contributed by atoms with Crippen LogP contribution >= 0.6 is 34.7 Å². The molecule has 206 valence electrons. The molecule has 0 bridgehead atoms. The van der Waals surface area contributed by atoms with Crippen LogP contribution in [-0.4, -0.2) is 58.4 Å². The van der Waals surface area contributed by atoms with Crippen LogP contribution in [0.25, 0.3) is 17.3 Å². The van der Waals surface area contributed by atoms with Crippen LogP contribution in [0.2, 0.25) is 5.02 Å². The van der Waals surface area contributed by atoms with Gasteiger partial charge in [0.1, 0.15) is 10.7 Å². The minimum absolute atomic E-state index is 0.132. The summed E-state index contributed by atoms with van der Waals surface area (Å²) in [5.41, 5.74) is 2.21. The molecule has 0 saturated heterocycles. The molecule has 0 aliphatic carbocycles. The van der Waals surface area contributed by atoms with Crippen molar-refractivity contribution in [2.24, 2.45) is 0 Å². The van der Waals surface area contributed by atoms with Crippen molar-refractivity contribution in [1.29, 1.82) is 0 Å². The average Bonchev–Trinajstić information content (AvgIpc) is 3.75. The van der Waals surface area contributed by atoms with Gasteiger partial charge in [0.15, 0.2) is 22.4 Å². The molecule has 0 fully saturated rings. The van der Waals surface area contributed by atoms with E-state index in [0.29, 0.717) is 57.7 Å². The fourth-order valence-corrected chi connectivity index (χ4v) is 5.96. The van der Waals surface area contributed by atoms with Gasteiger partial charge in [-0.05, 0) is 48.4 Å². The maximum atomic E-state index is 13.1. The number of methoxy groups -OCH3 is 2. The number of hydrogen-bond donors (Lipinski definition) is 0. The van der Waals surface area contributed by atoms with Gasteiger partial charge in [0.25, 0.3) is 5.91 Å². The molecule has 9 nitrogen and oxygen atoms in total. The van der Waals surface area contributed by atoms with Crippen molar-refractivity contribution < 1.29 is 18.7 Å². The minimum Gasteiger partial charge on any atom is -0.493 e. The molecule has 0 saturated carbocycles. The first-order valence-electron chi connectivity index (χ1n) is 12.3. The molecule has 12 heteroatoms. The van der Waals surface area contributed by atoms with Crippen LogP contribution in [0.5, 0.6) is 11.5 Å². The number of hydrogen-bond acceptors (Lipinski definition) is 9. The predicted octanol–water partition coefficient (Wildman–Crippen LogP) is 6.26. The van der Waals surface area contributed by atoms with Gasteiger partial charge in [0.2, 0.25) is 5.82 Å². The molecule has 3 heterocycles. The summed E-state index contributed by atoms with van der Waals surface area (Å²) in [5, 5.41) is 12.5. The lowest BCUT2D eigenvalue weighted by molar-refractivity contribution is 0.0791. The van der Waals surface area contributed by atoms with Gasteiger partial charge in [-0.1, -0.05) is 41.6 Å². The van der Waals surface area contributed by atoms with Crippen molar-refractivity contribution in [3.63, 3.8) is 0 Å². The summed E-state index contributed by atoms with van der Waals surface area (Å²) in [7, 11) is 4.99.